The first kappa shape index (κ1) is 10.0. The summed E-state index contributed by atoms with van der Waals surface area (Å²) in [7, 11) is 0. The predicted octanol–water partition coefficient (Wildman–Crippen LogP) is 2.95. The summed E-state index contributed by atoms with van der Waals surface area (Å²) in [6.45, 7) is 9.26. The van der Waals surface area contributed by atoms with E-state index in [4.69, 9.17) is 0 Å². The lowest BCUT2D eigenvalue weighted by Gasteiger charge is -2.37. The first-order valence-corrected chi connectivity index (χ1v) is 5.30. The highest BCUT2D eigenvalue weighted by atomic mass is 15.0. The van der Waals surface area contributed by atoms with E-state index in [-0.39, 0.29) is 0 Å². The summed E-state index contributed by atoms with van der Waals surface area (Å²) in [5, 5.41) is 3.74. The van der Waals surface area contributed by atoms with E-state index in [1.54, 1.807) is 0 Å². The van der Waals surface area contributed by atoms with Crippen molar-refractivity contribution in [3.8, 4) is 0 Å². The van der Waals surface area contributed by atoms with Crippen LogP contribution in [-0.2, 0) is 0 Å². The molecule has 0 aromatic carbocycles. The number of hydrogen-bond acceptors (Lipinski definition) is 1. The van der Waals surface area contributed by atoms with E-state index in [0.29, 0.717) is 11.5 Å². The van der Waals surface area contributed by atoms with Crippen molar-refractivity contribution in [2.24, 2.45) is 5.41 Å². The van der Waals surface area contributed by atoms with Gasteiger partial charge < -0.3 is 5.32 Å². The Balaban J connectivity index is 2.34. The lowest BCUT2D eigenvalue weighted by atomic mass is 9.82. The molecule has 0 saturated heterocycles. The molecule has 0 aromatic rings. The van der Waals surface area contributed by atoms with Crippen LogP contribution in [0, 0.1) is 5.41 Å². The summed E-state index contributed by atoms with van der Waals surface area (Å²) >= 11 is 0. The van der Waals surface area contributed by atoms with Crippen molar-refractivity contribution in [1.29, 1.82) is 0 Å². The van der Waals surface area contributed by atoms with Crippen molar-refractivity contribution in [3.05, 3.63) is 0 Å². The van der Waals surface area contributed by atoms with Gasteiger partial charge in [-0.15, -0.1) is 0 Å². The highest BCUT2D eigenvalue weighted by Gasteiger charge is 2.27. The Morgan fingerprint density at radius 3 is 2.17 bits per heavy atom. The third-order valence-electron chi connectivity index (χ3n) is 3.00. The molecule has 1 nitrogen and oxygen atoms in total. The van der Waals surface area contributed by atoms with Crippen LogP contribution in [-0.4, -0.2) is 12.1 Å². The molecular weight excluding hydrogens is 146 g/mol. The van der Waals surface area contributed by atoms with Gasteiger partial charge in [0.1, 0.15) is 0 Å². The zero-order valence-corrected chi connectivity index (χ0v) is 8.98. The maximum Gasteiger partial charge on any atom is 0.0116 e. The van der Waals surface area contributed by atoms with Gasteiger partial charge in [0, 0.05) is 12.1 Å². The third kappa shape index (κ3) is 2.48. The molecule has 0 aliphatic heterocycles. The largest absolute Gasteiger partial charge is 0.311 e. The van der Waals surface area contributed by atoms with E-state index >= 15 is 0 Å². The van der Waals surface area contributed by atoms with Crippen LogP contribution in [0.15, 0.2) is 0 Å². The van der Waals surface area contributed by atoms with E-state index < -0.39 is 0 Å². The van der Waals surface area contributed by atoms with Crippen molar-refractivity contribution in [1.82, 2.24) is 5.32 Å². The van der Waals surface area contributed by atoms with Crippen LogP contribution < -0.4 is 5.32 Å². The van der Waals surface area contributed by atoms with E-state index in [9.17, 15) is 0 Å². The quantitative estimate of drug-likeness (QED) is 0.685. The van der Waals surface area contributed by atoms with Crippen molar-refractivity contribution in [3.63, 3.8) is 0 Å². The Morgan fingerprint density at radius 2 is 1.92 bits per heavy atom. The van der Waals surface area contributed by atoms with E-state index in [2.05, 4.69) is 33.0 Å². The summed E-state index contributed by atoms with van der Waals surface area (Å²) in [5.74, 6) is 0. The van der Waals surface area contributed by atoms with Crippen LogP contribution in [0.25, 0.3) is 0 Å². The molecule has 1 rings (SSSR count). The molecule has 0 aromatic heterocycles. The molecule has 0 heterocycles. The van der Waals surface area contributed by atoms with E-state index in [1.807, 2.05) is 0 Å². The normalized spacial score (nSPS) is 22.0. The molecular formula is C11H23N. The summed E-state index contributed by atoms with van der Waals surface area (Å²) in [4.78, 5) is 0. The molecule has 0 bridgehead atoms. The van der Waals surface area contributed by atoms with Gasteiger partial charge >= 0.3 is 0 Å². The van der Waals surface area contributed by atoms with Crippen molar-refractivity contribution in [2.45, 2.75) is 65.5 Å². The molecule has 1 N–H and O–H groups in total. The topological polar surface area (TPSA) is 12.0 Å². The minimum atomic E-state index is 0.421. The van der Waals surface area contributed by atoms with Crippen molar-refractivity contribution in [2.75, 3.05) is 0 Å². The van der Waals surface area contributed by atoms with Crippen molar-refractivity contribution >= 4 is 0 Å². The fraction of sp³-hybridized carbons (Fsp3) is 1.00. The second kappa shape index (κ2) is 3.78. The van der Waals surface area contributed by atoms with Gasteiger partial charge in [0.2, 0.25) is 0 Å². The zero-order chi connectivity index (χ0) is 9.19. The van der Waals surface area contributed by atoms with Crippen LogP contribution in [0.1, 0.15) is 53.4 Å². The highest BCUT2D eigenvalue weighted by molar-refractivity contribution is 4.86. The van der Waals surface area contributed by atoms with Crippen LogP contribution >= 0.6 is 0 Å². The first-order chi connectivity index (χ1) is 5.54. The Morgan fingerprint density at radius 1 is 1.33 bits per heavy atom. The van der Waals surface area contributed by atoms with Crippen LogP contribution in [0.4, 0.5) is 0 Å². The summed E-state index contributed by atoms with van der Waals surface area (Å²) in [6.07, 6.45) is 5.47. The summed E-state index contributed by atoms with van der Waals surface area (Å²) in [5.41, 5.74) is 0.421. The van der Waals surface area contributed by atoms with Gasteiger partial charge in [-0.1, -0.05) is 34.1 Å². The monoisotopic (exact) mass is 169 g/mol. The molecule has 1 fully saturated rings. The van der Waals surface area contributed by atoms with E-state index in [0.717, 1.165) is 6.04 Å². The molecule has 1 aliphatic carbocycles. The second-order valence-electron chi connectivity index (χ2n) is 5.12. The SMILES string of the molecule is CCC(NC1CCC1)C(C)(C)C. The lowest BCUT2D eigenvalue weighted by Crippen LogP contribution is -2.48. The van der Waals surface area contributed by atoms with Gasteiger partial charge in [0.05, 0.1) is 0 Å². The molecule has 1 atom stereocenters. The smallest absolute Gasteiger partial charge is 0.0116 e. The molecule has 1 aliphatic rings. The standard InChI is InChI=1S/C11H23N/c1-5-10(11(2,3)4)12-9-7-6-8-9/h9-10,12H,5-8H2,1-4H3. The average Bonchev–Trinajstić information content (AvgIpc) is 1.82. The molecule has 0 amide bonds. The number of hydrogen-bond donors (Lipinski definition) is 1. The Labute approximate surface area is 76.9 Å². The van der Waals surface area contributed by atoms with Crippen molar-refractivity contribution < 1.29 is 0 Å². The van der Waals surface area contributed by atoms with Gasteiger partial charge in [-0.3, -0.25) is 0 Å². The maximum absolute atomic E-state index is 3.74. The third-order valence-corrected chi connectivity index (χ3v) is 3.00. The van der Waals surface area contributed by atoms with Crippen LogP contribution in [0.2, 0.25) is 0 Å². The molecule has 1 heteroatoms. The Bertz CT molecular complexity index is 130. The van der Waals surface area contributed by atoms with E-state index in [1.165, 1.54) is 25.7 Å². The van der Waals surface area contributed by atoms with Gasteiger partial charge in [-0.05, 0) is 24.7 Å². The summed E-state index contributed by atoms with van der Waals surface area (Å²) in [6, 6.07) is 1.52. The Hall–Kier alpha value is -0.0400. The average molecular weight is 169 g/mol. The van der Waals surface area contributed by atoms with Crippen LogP contribution in [0.5, 0.6) is 0 Å². The molecule has 12 heavy (non-hydrogen) atoms. The zero-order valence-electron chi connectivity index (χ0n) is 8.98. The first-order valence-electron chi connectivity index (χ1n) is 5.30. The maximum atomic E-state index is 3.74. The molecule has 72 valence electrons. The van der Waals surface area contributed by atoms with Gasteiger partial charge in [0.15, 0.2) is 0 Å². The minimum absolute atomic E-state index is 0.421. The fourth-order valence-corrected chi connectivity index (χ4v) is 1.84. The molecule has 0 spiro atoms. The number of rotatable bonds is 3. The highest BCUT2D eigenvalue weighted by Crippen LogP contribution is 2.26. The molecule has 1 saturated carbocycles. The second-order valence-corrected chi connectivity index (χ2v) is 5.12. The summed E-state index contributed by atoms with van der Waals surface area (Å²) < 4.78 is 0. The van der Waals surface area contributed by atoms with Crippen LogP contribution in [0.3, 0.4) is 0 Å². The minimum Gasteiger partial charge on any atom is -0.311 e. The Kier molecular flexibility index (Phi) is 3.16. The molecule has 0 radical (unpaired) electrons. The fourth-order valence-electron chi connectivity index (χ4n) is 1.84. The number of nitrogens with one attached hydrogen (secondary N) is 1. The van der Waals surface area contributed by atoms with Gasteiger partial charge in [-0.25, -0.2) is 0 Å². The van der Waals surface area contributed by atoms with Gasteiger partial charge in [0.25, 0.3) is 0 Å². The van der Waals surface area contributed by atoms with Gasteiger partial charge in [-0.2, -0.15) is 0 Å². The lowest BCUT2D eigenvalue weighted by molar-refractivity contribution is 0.202. The predicted molar refractivity (Wildman–Crippen MR) is 54.3 cm³/mol. The molecule has 1 unspecified atom stereocenters.